The van der Waals surface area contributed by atoms with Crippen molar-refractivity contribution in [3.63, 3.8) is 0 Å². The molecule has 0 radical (unpaired) electrons. The molecule has 11 nitrogen and oxygen atoms in total. The largest absolute Gasteiger partial charge is 0.463 e. The summed E-state index contributed by atoms with van der Waals surface area (Å²) in [4.78, 5) is 47.6. The zero-order valence-electron chi connectivity index (χ0n) is 16.8. The third-order valence-corrected chi connectivity index (χ3v) is 4.04. The van der Waals surface area contributed by atoms with Crippen molar-refractivity contribution in [3.05, 3.63) is 0 Å². The zero-order valence-corrected chi connectivity index (χ0v) is 17.5. The zero-order chi connectivity index (χ0) is 22.0. The number of hydrogen-bond donors (Lipinski definition) is 0. The molecule has 1 aliphatic rings. The normalized spacial score (nSPS) is 23.6. The van der Waals surface area contributed by atoms with Crippen LogP contribution in [-0.4, -0.2) is 86.4 Å². The maximum absolute atomic E-state index is 12.3. The molecule has 29 heavy (non-hydrogen) atoms. The van der Waals surface area contributed by atoms with Gasteiger partial charge < -0.3 is 28.4 Å². The molecule has 0 aromatic rings. The molecule has 1 rings (SSSR count). The smallest absolute Gasteiger partial charge is 0.413 e. The molecule has 0 N–H and O–H groups in total. The minimum Gasteiger partial charge on any atom is -0.463 e. The second kappa shape index (κ2) is 12.5. The Bertz CT molecular complexity index is 587. The van der Waals surface area contributed by atoms with Crippen molar-refractivity contribution < 1.29 is 47.6 Å². The lowest BCUT2D eigenvalue weighted by Gasteiger charge is -2.39. The molecule has 0 aliphatic carbocycles. The van der Waals surface area contributed by atoms with E-state index in [0.717, 1.165) is 0 Å². The summed E-state index contributed by atoms with van der Waals surface area (Å²) in [6, 6.07) is -0.144. The van der Waals surface area contributed by atoms with Gasteiger partial charge in [-0.2, -0.15) is 0 Å². The van der Waals surface area contributed by atoms with Crippen molar-refractivity contribution in [1.29, 1.82) is 0 Å². The van der Waals surface area contributed by atoms with Gasteiger partial charge in [-0.15, -0.1) is 11.6 Å². The van der Waals surface area contributed by atoms with Crippen molar-refractivity contribution in [2.45, 2.75) is 51.8 Å². The van der Waals surface area contributed by atoms with Crippen molar-refractivity contribution >= 4 is 35.6 Å². The van der Waals surface area contributed by atoms with Gasteiger partial charge in [0.1, 0.15) is 18.8 Å². The molecule has 166 valence electrons. The number of methoxy groups -OCH3 is 1. The second-order valence-electron chi connectivity index (χ2n) is 6.12. The van der Waals surface area contributed by atoms with E-state index in [1.54, 1.807) is 0 Å². The predicted octanol–water partition coefficient (Wildman–Crippen LogP) is 0.809. The van der Waals surface area contributed by atoms with E-state index in [2.05, 4.69) is 0 Å². The molecule has 1 heterocycles. The molecule has 1 aliphatic heterocycles. The summed E-state index contributed by atoms with van der Waals surface area (Å²) < 4.78 is 31.2. The maximum atomic E-state index is 12.3. The Balaban J connectivity index is 2.95. The van der Waals surface area contributed by atoms with E-state index in [4.69, 9.17) is 40.0 Å². The van der Waals surface area contributed by atoms with Gasteiger partial charge in [0.05, 0.1) is 19.0 Å². The number of carbonyl (C=O) groups excluding carboxylic acids is 4. The summed E-state index contributed by atoms with van der Waals surface area (Å²) in [6.45, 7) is 3.68. The molecule has 0 saturated carbocycles. The third-order valence-electron chi connectivity index (χ3n) is 3.75. The number of hydrogen-bond acceptors (Lipinski definition) is 10. The Morgan fingerprint density at radius 3 is 2.21 bits per heavy atom. The Hall–Kier alpha value is -2.11. The first kappa shape index (κ1) is 24.9. The van der Waals surface area contributed by atoms with E-state index in [9.17, 15) is 19.2 Å². The summed E-state index contributed by atoms with van der Waals surface area (Å²) in [5.74, 6) is -1.87. The average molecular weight is 440 g/mol. The van der Waals surface area contributed by atoms with E-state index in [1.807, 2.05) is 0 Å². The monoisotopic (exact) mass is 439 g/mol. The van der Waals surface area contributed by atoms with Gasteiger partial charge in [-0.1, -0.05) is 0 Å². The molecule has 4 atom stereocenters. The molecule has 0 aromatic carbocycles. The van der Waals surface area contributed by atoms with E-state index < -0.39 is 48.6 Å². The topological polar surface area (TPSA) is 127 Å². The van der Waals surface area contributed by atoms with Gasteiger partial charge in [-0.25, -0.2) is 4.79 Å². The fourth-order valence-corrected chi connectivity index (χ4v) is 2.78. The summed E-state index contributed by atoms with van der Waals surface area (Å²) in [6.07, 6.45) is -5.09. The lowest BCUT2D eigenvalue weighted by Crippen LogP contribution is -2.55. The quantitative estimate of drug-likeness (QED) is 0.220. The number of esters is 3. The van der Waals surface area contributed by atoms with Crippen molar-refractivity contribution in [1.82, 2.24) is 4.90 Å². The van der Waals surface area contributed by atoms with Crippen LogP contribution in [-0.2, 0) is 42.8 Å². The Morgan fingerprint density at radius 1 is 1.03 bits per heavy atom. The number of ether oxygens (including phenoxy) is 6. The number of nitrogens with zero attached hydrogens (tertiary/aromatic N) is 1. The van der Waals surface area contributed by atoms with Crippen LogP contribution in [0.15, 0.2) is 0 Å². The Kier molecular flexibility index (Phi) is 10.7. The summed E-state index contributed by atoms with van der Waals surface area (Å²) >= 11 is 5.75. The van der Waals surface area contributed by atoms with Gasteiger partial charge in [-0.3, -0.25) is 19.3 Å². The van der Waals surface area contributed by atoms with Gasteiger partial charge in [0.15, 0.2) is 6.10 Å². The lowest BCUT2D eigenvalue weighted by atomic mass is 10.0. The molecule has 0 aromatic heterocycles. The fourth-order valence-electron chi connectivity index (χ4n) is 2.56. The predicted molar refractivity (Wildman–Crippen MR) is 96.8 cm³/mol. The molecule has 1 fully saturated rings. The number of halogens is 1. The Morgan fingerprint density at radius 2 is 1.69 bits per heavy atom. The first-order chi connectivity index (χ1) is 13.7. The van der Waals surface area contributed by atoms with Crippen LogP contribution < -0.4 is 0 Å². The molecule has 1 amide bonds. The summed E-state index contributed by atoms with van der Waals surface area (Å²) in [7, 11) is 1.47. The number of amides is 1. The maximum Gasteiger partial charge on any atom is 0.413 e. The second-order valence-corrected chi connectivity index (χ2v) is 6.36. The highest BCUT2D eigenvalue weighted by molar-refractivity contribution is 6.18. The number of alkyl halides is 1. The van der Waals surface area contributed by atoms with Crippen LogP contribution >= 0.6 is 11.6 Å². The first-order valence-corrected chi connectivity index (χ1v) is 9.35. The highest BCUT2D eigenvalue weighted by Gasteiger charge is 2.45. The third kappa shape index (κ3) is 8.84. The van der Waals surface area contributed by atoms with Gasteiger partial charge in [0.2, 0.25) is 6.29 Å². The molecule has 0 spiro atoms. The standard InChI is InChI=1S/C17H26ClNO10/c1-10(20)25-8-14-16(27-12(3)22)13(26-11(2)21)7-15(28-14)29-17(23)19(9-18)5-6-24-4/h13-16H,5-9H2,1-4H3/t13-,14-,15+,16-/m1/s1. The number of rotatable bonds is 9. The van der Waals surface area contributed by atoms with Crippen LogP contribution in [0.25, 0.3) is 0 Å². The van der Waals surface area contributed by atoms with Crippen molar-refractivity contribution in [3.8, 4) is 0 Å². The molecular formula is C17H26ClNO10. The average Bonchev–Trinajstić information content (AvgIpc) is 2.62. The van der Waals surface area contributed by atoms with Crippen LogP contribution in [0, 0.1) is 0 Å². The highest BCUT2D eigenvalue weighted by atomic mass is 35.5. The SMILES string of the molecule is COCCN(CCl)C(=O)O[C@H]1C[C@@H](OC(C)=O)[C@@H](OC(C)=O)[C@@H](COC(C)=O)O1. The van der Waals surface area contributed by atoms with Gasteiger partial charge in [0.25, 0.3) is 0 Å². The van der Waals surface area contributed by atoms with Crippen molar-refractivity contribution in [2.75, 3.05) is 32.9 Å². The Labute approximate surface area is 173 Å². The molecule has 0 bridgehead atoms. The van der Waals surface area contributed by atoms with Gasteiger partial charge in [0, 0.05) is 34.4 Å². The highest BCUT2D eigenvalue weighted by Crippen LogP contribution is 2.27. The minimum atomic E-state index is -1.16. The molecule has 12 heteroatoms. The van der Waals surface area contributed by atoms with Crippen LogP contribution in [0.5, 0.6) is 0 Å². The van der Waals surface area contributed by atoms with Crippen LogP contribution in [0.1, 0.15) is 27.2 Å². The van der Waals surface area contributed by atoms with Gasteiger partial charge in [-0.05, 0) is 0 Å². The van der Waals surface area contributed by atoms with Crippen molar-refractivity contribution in [2.24, 2.45) is 0 Å². The molecular weight excluding hydrogens is 414 g/mol. The fraction of sp³-hybridized carbons (Fsp3) is 0.765. The van der Waals surface area contributed by atoms with E-state index in [1.165, 1.54) is 32.8 Å². The lowest BCUT2D eigenvalue weighted by molar-refractivity contribution is -0.253. The molecule has 1 saturated heterocycles. The van der Waals surface area contributed by atoms with Gasteiger partial charge >= 0.3 is 24.0 Å². The summed E-state index contributed by atoms with van der Waals surface area (Å²) in [5.41, 5.74) is 0. The summed E-state index contributed by atoms with van der Waals surface area (Å²) in [5, 5.41) is 0. The minimum absolute atomic E-state index is 0.0970. The van der Waals surface area contributed by atoms with E-state index in [0.29, 0.717) is 0 Å². The van der Waals surface area contributed by atoms with Crippen LogP contribution in [0.3, 0.4) is 0 Å². The van der Waals surface area contributed by atoms with E-state index in [-0.39, 0.29) is 32.2 Å². The molecule has 0 unspecified atom stereocenters. The first-order valence-electron chi connectivity index (χ1n) is 8.81. The van der Waals surface area contributed by atoms with Crippen LogP contribution in [0.4, 0.5) is 4.79 Å². The number of carbonyl (C=O) groups is 4. The van der Waals surface area contributed by atoms with E-state index >= 15 is 0 Å². The van der Waals surface area contributed by atoms with Crippen LogP contribution in [0.2, 0.25) is 0 Å².